The second-order valence-corrected chi connectivity index (χ2v) is 4.26. The van der Waals surface area contributed by atoms with Crippen molar-refractivity contribution in [3.05, 3.63) is 41.2 Å². The van der Waals surface area contributed by atoms with Gasteiger partial charge in [0.05, 0.1) is 18.5 Å². The first kappa shape index (κ1) is 13.2. The Labute approximate surface area is 111 Å². The lowest BCUT2D eigenvalue weighted by atomic mass is 10.2. The number of aryl methyl sites for hydroxylation is 1. The van der Waals surface area contributed by atoms with E-state index in [4.69, 9.17) is 4.84 Å². The number of nitrogens with zero attached hydrogens (tertiary/aromatic N) is 4. The van der Waals surface area contributed by atoms with Crippen molar-refractivity contribution in [2.45, 2.75) is 13.8 Å². The highest BCUT2D eigenvalue weighted by Gasteiger charge is 2.20. The minimum atomic E-state index is -0.320. The normalized spacial score (nSPS) is 10.5. The van der Waals surface area contributed by atoms with Crippen LogP contribution in [0.25, 0.3) is 5.69 Å². The number of amides is 1. The number of aromatic nitrogens is 3. The third kappa shape index (κ3) is 2.48. The Kier molecular flexibility index (Phi) is 3.62. The molecule has 0 N–H and O–H groups in total. The van der Waals surface area contributed by atoms with E-state index in [1.807, 2.05) is 31.2 Å². The molecule has 0 saturated carbocycles. The second-order valence-electron chi connectivity index (χ2n) is 4.26. The molecular weight excluding hydrogens is 244 g/mol. The van der Waals surface area contributed by atoms with Crippen LogP contribution in [0.1, 0.15) is 21.7 Å². The zero-order valence-corrected chi connectivity index (χ0v) is 11.4. The third-order valence-electron chi connectivity index (χ3n) is 2.90. The smallest absolute Gasteiger partial charge is 0.274 e. The molecule has 0 aliphatic rings. The van der Waals surface area contributed by atoms with Gasteiger partial charge in [-0.1, -0.05) is 17.3 Å². The van der Waals surface area contributed by atoms with Crippen LogP contribution in [-0.2, 0) is 4.84 Å². The Balaban J connectivity index is 2.41. The van der Waals surface area contributed by atoms with Crippen molar-refractivity contribution >= 4 is 5.91 Å². The standard InChI is InChI=1S/C13H16N4O2/c1-9-6-5-7-11(8-9)17-10(2)12(14-15-17)13(18)16(3)19-4/h5-8H,1-4H3. The maximum absolute atomic E-state index is 12.0. The van der Waals surface area contributed by atoms with Gasteiger partial charge in [-0.25, -0.2) is 9.75 Å². The number of carbonyl (C=O) groups excluding carboxylic acids is 1. The molecule has 1 amide bonds. The molecule has 2 rings (SSSR count). The van der Waals surface area contributed by atoms with Gasteiger partial charge in [0.15, 0.2) is 5.69 Å². The number of benzene rings is 1. The number of hydroxylamine groups is 2. The van der Waals surface area contributed by atoms with E-state index < -0.39 is 0 Å². The monoisotopic (exact) mass is 260 g/mol. The molecule has 0 saturated heterocycles. The van der Waals surface area contributed by atoms with Crippen LogP contribution in [0.3, 0.4) is 0 Å². The summed E-state index contributed by atoms with van der Waals surface area (Å²) in [6, 6.07) is 7.84. The van der Waals surface area contributed by atoms with Gasteiger partial charge in [-0.05, 0) is 31.5 Å². The van der Waals surface area contributed by atoms with Gasteiger partial charge in [0.1, 0.15) is 0 Å². The Morgan fingerprint density at radius 1 is 1.37 bits per heavy atom. The number of rotatable bonds is 3. The van der Waals surface area contributed by atoms with Crippen molar-refractivity contribution in [1.29, 1.82) is 0 Å². The zero-order valence-electron chi connectivity index (χ0n) is 11.4. The van der Waals surface area contributed by atoms with Gasteiger partial charge >= 0.3 is 0 Å². The molecule has 0 aliphatic carbocycles. The zero-order chi connectivity index (χ0) is 14.0. The maximum atomic E-state index is 12.0. The molecule has 1 heterocycles. The van der Waals surface area contributed by atoms with Crippen molar-refractivity contribution in [3.63, 3.8) is 0 Å². The van der Waals surface area contributed by atoms with E-state index >= 15 is 0 Å². The van der Waals surface area contributed by atoms with E-state index in [-0.39, 0.29) is 11.6 Å². The van der Waals surface area contributed by atoms with E-state index in [0.717, 1.165) is 16.3 Å². The Hall–Kier alpha value is -2.21. The first-order valence-electron chi connectivity index (χ1n) is 5.86. The van der Waals surface area contributed by atoms with E-state index in [1.54, 1.807) is 11.6 Å². The molecule has 2 aromatic rings. The molecule has 0 unspecified atom stereocenters. The molecule has 0 bridgehead atoms. The fourth-order valence-corrected chi connectivity index (χ4v) is 1.76. The van der Waals surface area contributed by atoms with E-state index in [2.05, 4.69) is 10.3 Å². The maximum Gasteiger partial charge on any atom is 0.299 e. The minimum Gasteiger partial charge on any atom is -0.274 e. The average Bonchev–Trinajstić information content (AvgIpc) is 2.78. The van der Waals surface area contributed by atoms with Crippen LogP contribution in [0.4, 0.5) is 0 Å². The van der Waals surface area contributed by atoms with Crippen molar-refractivity contribution < 1.29 is 9.63 Å². The molecule has 6 heteroatoms. The number of carbonyl (C=O) groups is 1. The van der Waals surface area contributed by atoms with Gasteiger partial charge in [-0.3, -0.25) is 9.63 Å². The summed E-state index contributed by atoms with van der Waals surface area (Å²) in [4.78, 5) is 16.9. The van der Waals surface area contributed by atoms with Crippen molar-refractivity contribution in [2.24, 2.45) is 0 Å². The molecule has 1 aromatic carbocycles. The highest BCUT2D eigenvalue weighted by atomic mass is 16.7. The van der Waals surface area contributed by atoms with Crippen LogP contribution in [0.15, 0.2) is 24.3 Å². The molecule has 0 atom stereocenters. The fourth-order valence-electron chi connectivity index (χ4n) is 1.76. The lowest BCUT2D eigenvalue weighted by Crippen LogP contribution is -2.26. The van der Waals surface area contributed by atoms with Gasteiger partial charge in [0.2, 0.25) is 0 Å². The second kappa shape index (κ2) is 5.19. The summed E-state index contributed by atoms with van der Waals surface area (Å²) >= 11 is 0. The molecule has 1 aromatic heterocycles. The topological polar surface area (TPSA) is 60.2 Å². The molecular formula is C13H16N4O2. The molecule has 0 fully saturated rings. The summed E-state index contributed by atoms with van der Waals surface area (Å²) in [6.45, 7) is 3.81. The van der Waals surface area contributed by atoms with Gasteiger partial charge < -0.3 is 0 Å². The Morgan fingerprint density at radius 2 is 2.11 bits per heavy atom. The highest BCUT2D eigenvalue weighted by Crippen LogP contribution is 2.14. The molecule has 0 aliphatic heterocycles. The average molecular weight is 260 g/mol. The predicted molar refractivity (Wildman–Crippen MR) is 69.9 cm³/mol. The summed E-state index contributed by atoms with van der Waals surface area (Å²) < 4.78 is 1.64. The number of hydrogen-bond acceptors (Lipinski definition) is 4. The summed E-state index contributed by atoms with van der Waals surface area (Å²) in [5.74, 6) is -0.320. The lowest BCUT2D eigenvalue weighted by molar-refractivity contribution is -0.0761. The first-order chi connectivity index (χ1) is 9.04. The van der Waals surface area contributed by atoms with Crippen molar-refractivity contribution in [3.8, 4) is 5.69 Å². The molecule has 0 spiro atoms. The van der Waals surface area contributed by atoms with Crippen LogP contribution in [0.5, 0.6) is 0 Å². The van der Waals surface area contributed by atoms with Crippen molar-refractivity contribution in [1.82, 2.24) is 20.1 Å². The summed E-state index contributed by atoms with van der Waals surface area (Å²) in [5, 5.41) is 9.08. The van der Waals surface area contributed by atoms with Crippen molar-refractivity contribution in [2.75, 3.05) is 14.2 Å². The Bertz CT molecular complexity index is 606. The van der Waals surface area contributed by atoms with Gasteiger partial charge in [0.25, 0.3) is 5.91 Å². The van der Waals surface area contributed by atoms with Crippen LogP contribution in [0, 0.1) is 13.8 Å². The van der Waals surface area contributed by atoms with E-state index in [9.17, 15) is 4.79 Å². The number of hydrogen-bond donors (Lipinski definition) is 0. The van der Waals surface area contributed by atoms with E-state index in [1.165, 1.54) is 14.2 Å². The molecule has 19 heavy (non-hydrogen) atoms. The molecule has 0 radical (unpaired) electrons. The summed E-state index contributed by atoms with van der Waals surface area (Å²) in [7, 11) is 2.96. The van der Waals surface area contributed by atoms with Crippen LogP contribution in [0.2, 0.25) is 0 Å². The predicted octanol–water partition coefficient (Wildman–Crippen LogP) is 1.52. The quantitative estimate of drug-likeness (QED) is 0.785. The minimum absolute atomic E-state index is 0.283. The lowest BCUT2D eigenvalue weighted by Gasteiger charge is -2.12. The first-order valence-corrected chi connectivity index (χ1v) is 5.86. The van der Waals surface area contributed by atoms with Gasteiger partial charge in [-0.15, -0.1) is 5.10 Å². The summed E-state index contributed by atoms with van der Waals surface area (Å²) in [6.07, 6.45) is 0. The van der Waals surface area contributed by atoms with Crippen LogP contribution in [-0.4, -0.2) is 40.1 Å². The molecule has 100 valence electrons. The molecule has 6 nitrogen and oxygen atoms in total. The van der Waals surface area contributed by atoms with Crippen LogP contribution < -0.4 is 0 Å². The Morgan fingerprint density at radius 3 is 2.74 bits per heavy atom. The highest BCUT2D eigenvalue weighted by molar-refractivity contribution is 5.92. The van der Waals surface area contributed by atoms with Gasteiger partial charge in [-0.2, -0.15) is 0 Å². The third-order valence-corrected chi connectivity index (χ3v) is 2.90. The van der Waals surface area contributed by atoms with E-state index in [0.29, 0.717) is 5.69 Å². The summed E-state index contributed by atoms with van der Waals surface area (Å²) in [5.41, 5.74) is 2.96. The van der Waals surface area contributed by atoms with Crippen LogP contribution >= 0.6 is 0 Å². The largest absolute Gasteiger partial charge is 0.299 e. The SMILES string of the molecule is CON(C)C(=O)c1nnn(-c2cccc(C)c2)c1C. The van der Waals surface area contributed by atoms with Gasteiger partial charge in [0, 0.05) is 7.05 Å². The fraction of sp³-hybridized carbons (Fsp3) is 0.308.